The molecule has 6 nitrogen and oxygen atoms in total. The molecule has 0 aliphatic rings. The van der Waals surface area contributed by atoms with E-state index in [9.17, 15) is 4.79 Å². The summed E-state index contributed by atoms with van der Waals surface area (Å²) in [7, 11) is 1.32. The monoisotopic (exact) mass is 292 g/mol. The standard InChI is InChI=1S/C13H16N4O2S/c1-8-7-20-12(17-8)3-4-15-11-5-9(13(18)19-2)10(14)6-16-11/h5-7H,3-4,14H2,1-2H3,(H,15,16). The SMILES string of the molecule is COC(=O)c1cc(NCCc2nc(C)cs2)ncc1N. The van der Waals surface area contributed by atoms with Crippen molar-refractivity contribution in [3.05, 3.63) is 33.9 Å². The summed E-state index contributed by atoms with van der Waals surface area (Å²) < 4.78 is 4.67. The number of nitrogens with zero attached hydrogens (tertiary/aromatic N) is 2. The smallest absolute Gasteiger partial charge is 0.340 e. The lowest BCUT2D eigenvalue weighted by Gasteiger charge is -2.08. The van der Waals surface area contributed by atoms with E-state index in [1.165, 1.54) is 13.3 Å². The first kappa shape index (κ1) is 14.3. The van der Waals surface area contributed by atoms with Crippen molar-refractivity contribution in [3.63, 3.8) is 0 Å². The summed E-state index contributed by atoms with van der Waals surface area (Å²) in [5.41, 5.74) is 7.34. The van der Waals surface area contributed by atoms with Crippen LogP contribution in [0.5, 0.6) is 0 Å². The molecule has 0 atom stereocenters. The van der Waals surface area contributed by atoms with E-state index >= 15 is 0 Å². The maximum Gasteiger partial charge on any atom is 0.340 e. The van der Waals surface area contributed by atoms with E-state index in [0.29, 0.717) is 23.6 Å². The van der Waals surface area contributed by atoms with Crippen LogP contribution in [0.4, 0.5) is 11.5 Å². The lowest BCUT2D eigenvalue weighted by atomic mass is 10.2. The van der Waals surface area contributed by atoms with Gasteiger partial charge >= 0.3 is 5.97 Å². The maximum absolute atomic E-state index is 11.5. The predicted octanol–water partition coefficient (Wildman–Crippen LogP) is 1.87. The van der Waals surface area contributed by atoms with Crippen molar-refractivity contribution < 1.29 is 9.53 Å². The molecule has 0 radical (unpaired) electrons. The van der Waals surface area contributed by atoms with E-state index in [-0.39, 0.29) is 0 Å². The van der Waals surface area contributed by atoms with Crippen molar-refractivity contribution in [1.29, 1.82) is 0 Å². The van der Waals surface area contributed by atoms with Crippen molar-refractivity contribution >= 4 is 28.8 Å². The number of carbonyl (C=O) groups is 1. The zero-order chi connectivity index (χ0) is 14.5. The number of nitrogens with two attached hydrogens (primary N) is 1. The van der Waals surface area contributed by atoms with Gasteiger partial charge in [-0.3, -0.25) is 0 Å². The molecule has 0 amide bonds. The van der Waals surface area contributed by atoms with Gasteiger partial charge in [-0.25, -0.2) is 14.8 Å². The summed E-state index contributed by atoms with van der Waals surface area (Å²) in [5.74, 6) is 0.122. The van der Waals surface area contributed by atoms with E-state index in [4.69, 9.17) is 5.73 Å². The number of ether oxygens (including phenoxy) is 1. The summed E-state index contributed by atoms with van der Waals surface area (Å²) in [6, 6.07) is 1.59. The molecule has 0 aliphatic heterocycles. The van der Waals surface area contributed by atoms with Gasteiger partial charge < -0.3 is 15.8 Å². The fraction of sp³-hybridized carbons (Fsp3) is 0.308. The van der Waals surface area contributed by atoms with Gasteiger partial charge in [0.1, 0.15) is 5.82 Å². The lowest BCUT2D eigenvalue weighted by molar-refractivity contribution is 0.0602. The molecule has 2 aromatic rings. The van der Waals surface area contributed by atoms with Crippen molar-refractivity contribution in [2.75, 3.05) is 24.7 Å². The third-order valence-corrected chi connectivity index (χ3v) is 3.68. The second-order valence-electron chi connectivity index (χ2n) is 4.21. The number of aryl methyl sites for hydroxylation is 1. The number of anilines is 2. The molecule has 20 heavy (non-hydrogen) atoms. The molecule has 106 valence electrons. The highest BCUT2D eigenvalue weighted by Gasteiger charge is 2.11. The number of thiazole rings is 1. The van der Waals surface area contributed by atoms with E-state index in [2.05, 4.69) is 20.0 Å². The number of rotatable bonds is 5. The minimum absolute atomic E-state index is 0.304. The van der Waals surface area contributed by atoms with Crippen LogP contribution in [0.2, 0.25) is 0 Å². The van der Waals surface area contributed by atoms with Crippen LogP contribution >= 0.6 is 11.3 Å². The number of esters is 1. The fourth-order valence-corrected chi connectivity index (χ4v) is 2.44. The number of methoxy groups -OCH3 is 1. The molecular formula is C13H16N4O2S. The Balaban J connectivity index is 1.97. The molecule has 0 aliphatic carbocycles. The van der Waals surface area contributed by atoms with Gasteiger partial charge in [-0.2, -0.15) is 0 Å². The van der Waals surface area contributed by atoms with Gasteiger partial charge in [0.2, 0.25) is 0 Å². The van der Waals surface area contributed by atoms with Crippen LogP contribution in [0.1, 0.15) is 21.1 Å². The number of pyridine rings is 1. The van der Waals surface area contributed by atoms with Gasteiger partial charge in [0.15, 0.2) is 0 Å². The highest BCUT2D eigenvalue weighted by atomic mass is 32.1. The highest BCUT2D eigenvalue weighted by molar-refractivity contribution is 7.09. The highest BCUT2D eigenvalue weighted by Crippen LogP contribution is 2.16. The van der Waals surface area contributed by atoms with Crippen molar-refractivity contribution in [3.8, 4) is 0 Å². The summed E-state index contributed by atoms with van der Waals surface area (Å²) >= 11 is 1.63. The molecule has 0 saturated heterocycles. The molecule has 0 unspecified atom stereocenters. The summed E-state index contributed by atoms with van der Waals surface area (Å²) in [4.78, 5) is 20.0. The third-order valence-electron chi connectivity index (χ3n) is 2.65. The van der Waals surface area contributed by atoms with Gasteiger partial charge in [0.05, 0.1) is 29.6 Å². The Kier molecular flexibility index (Phi) is 4.52. The second-order valence-corrected chi connectivity index (χ2v) is 5.15. The average Bonchev–Trinajstić information content (AvgIpc) is 2.85. The molecule has 2 aromatic heterocycles. The maximum atomic E-state index is 11.5. The first-order valence-corrected chi connectivity index (χ1v) is 6.97. The Morgan fingerprint density at radius 3 is 3.00 bits per heavy atom. The van der Waals surface area contributed by atoms with E-state index in [0.717, 1.165) is 17.1 Å². The molecule has 0 saturated carbocycles. The van der Waals surface area contributed by atoms with Gasteiger partial charge in [0.25, 0.3) is 0 Å². The van der Waals surface area contributed by atoms with Crippen LogP contribution in [-0.4, -0.2) is 29.6 Å². The van der Waals surface area contributed by atoms with Gasteiger partial charge in [0, 0.05) is 24.0 Å². The van der Waals surface area contributed by atoms with E-state index in [1.807, 2.05) is 12.3 Å². The zero-order valence-electron chi connectivity index (χ0n) is 11.3. The normalized spacial score (nSPS) is 10.3. The van der Waals surface area contributed by atoms with Crippen LogP contribution in [0.15, 0.2) is 17.6 Å². The van der Waals surface area contributed by atoms with Crippen molar-refractivity contribution in [1.82, 2.24) is 9.97 Å². The first-order chi connectivity index (χ1) is 9.60. The Hall–Kier alpha value is -2.15. The number of nitrogen functional groups attached to an aromatic ring is 1. The number of nitrogens with one attached hydrogen (secondary N) is 1. The summed E-state index contributed by atoms with van der Waals surface area (Å²) in [6.45, 7) is 2.65. The lowest BCUT2D eigenvalue weighted by Crippen LogP contribution is -2.10. The number of carbonyl (C=O) groups excluding carboxylic acids is 1. The number of hydrogen-bond acceptors (Lipinski definition) is 7. The molecule has 0 aromatic carbocycles. The molecule has 7 heteroatoms. The minimum Gasteiger partial charge on any atom is -0.465 e. The first-order valence-electron chi connectivity index (χ1n) is 6.09. The largest absolute Gasteiger partial charge is 0.465 e. The molecule has 0 fully saturated rings. The second kappa shape index (κ2) is 6.33. The molecule has 2 heterocycles. The summed E-state index contributed by atoms with van der Waals surface area (Å²) in [5, 5.41) is 6.23. The van der Waals surface area contributed by atoms with E-state index < -0.39 is 5.97 Å². The minimum atomic E-state index is -0.469. The van der Waals surface area contributed by atoms with Crippen molar-refractivity contribution in [2.24, 2.45) is 0 Å². The Morgan fingerprint density at radius 2 is 2.35 bits per heavy atom. The van der Waals surface area contributed by atoms with Crippen molar-refractivity contribution in [2.45, 2.75) is 13.3 Å². The Labute approximate surface area is 121 Å². The fourth-order valence-electron chi connectivity index (χ4n) is 1.66. The van der Waals surface area contributed by atoms with Crippen LogP contribution in [0.3, 0.4) is 0 Å². The van der Waals surface area contributed by atoms with Crippen LogP contribution in [-0.2, 0) is 11.2 Å². The topological polar surface area (TPSA) is 90.1 Å². The zero-order valence-corrected chi connectivity index (χ0v) is 12.2. The molecule has 0 bridgehead atoms. The quantitative estimate of drug-likeness (QED) is 0.818. The average molecular weight is 292 g/mol. The Morgan fingerprint density at radius 1 is 1.55 bits per heavy atom. The van der Waals surface area contributed by atoms with Crippen LogP contribution in [0, 0.1) is 6.92 Å². The molecular weight excluding hydrogens is 276 g/mol. The Bertz CT molecular complexity index is 612. The van der Waals surface area contributed by atoms with Gasteiger partial charge in [-0.05, 0) is 13.0 Å². The molecule has 0 spiro atoms. The molecule has 3 N–H and O–H groups in total. The van der Waals surface area contributed by atoms with Gasteiger partial charge in [-0.15, -0.1) is 11.3 Å². The molecule has 2 rings (SSSR count). The predicted molar refractivity (Wildman–Crippen MR) is 79.0 cm³/mol. The van der Waals surface area contributed by atoms with Crippen LogP contribution in [0.25, 0.3) is 0 Å². The van der Waals surface area contributed by atoms with E-state index in [1.54, 1.807) is 17.4 Å². The number of hydrogen-bond donors (Lipinski definition) is 2. The van der Waals surface area contributed by atoms with Crippen LogP contribution < -0.4 is 11.1 Å². The summed E-state index contributed by atoms with van der Waals surface area (Å²) in [6.07, 6.45) is 2.25. The van der Waals surface area contributed by atoms with Gasteiger partial charge in [-0.1, -0.05) is 0 Å². The number of aromatic nitrogens is 2. The third kappa shape index (κ3) is 3.45.